The number of ether oxygens (including phenoxy) is 2. The molecule has 0 unspecified atom stereocenters. The second-order valence-electron chi connectivity index (χ2n) is 6.49. The van der Waals surface area contributed by atoms with Crippen molar-refractivity contribution in [3.8, 4) is 5.75 Å². The van der Waals surface area contributed by atoms with Crippen LogP contribution < -0.4 is 10.5 Å². The third kappa shape index (κ3) is 4.96. The Morgan fingerprint density at radius 1 is 1.29 bits per heavy atom. The number of hydrogen-bond acceptors (Lipinski definition) is 4. The Balaban J connectivity index is 1.68. The lowest BCUT2D eigenvalue weighted by molar-refractivity contribution is -0.152. The third-order valence-corrected chi connectivity index (χ3v) is 4.07. The molecule has 4 nitrogen and oxygen atoms in total. The van der Waals surface area contributed by atoms with Crippen LogP contribution in [0.3, 0.4) is 0 Å². The van der Waals surface area contributed by atoms with Crippen LogP contribution in [0.2, 0.25) is 0 Å². The summed E-state index contributed by atoms with van der Waals surface area (Å²) in [6.07, 6.45) is 4.49. The zero-order valence-electron chi connectivity index (χ0n) is 12.9. The van der Waals surface area contributed by atoms with E-state index in [1.807, 2.05) is 12.1 Å². The summed E-state index contributed by atoms with van der Waals surface area (Å²) in [6, 6.07) is 7.27. The molecule has 0 aromatic heterocycles. The fourth-order valence-electron chi connectivity index (χ4n) is 2.59. The van der Waals surface area contributed by atoms with Gasteiger partial charge in [0, 0.05) is 0 Å². The smallest absolute Gasteiger partial charge is 0.309 e. The van der Waals surface area contributed by atoms with Gasteiger partial charge >= 0.3 is 5.97 Å². The molecule has 0 spiro atoms. The van der Waals surface area contributed by atoms with E-state index in [1.54, 1.807) is 12.1 Å². The van der Waals surface area contributed by atoms with E-state index >= 15 is 0 Å². The Morgan fingerprint density at radius 2 is 1.95 bits per heavy atom. The fourth-order valence-corrected chi connectivity index (χ4v) is 2.59. The van der Waals surface area contributed by atoms with Gasteiger partial charge in [0.25, 0.3) is 0 Å². The molecule has 21 heavy (non-hydrogen) atoms. The predicted octanol–water partition coefficient (Wildman–Crippen LogP) is 3.55. The maximum absolute atomic E-state index is 11.8. The second kappa shape index (κ2) is 6.83. The molecule has 116 valence electrons. The molecule has 1 aliphatic carbocycles. The number of nitrogens with two attached hydrogens (primary N) is 1. The Morgan fingerprint density at radius 3 is 2.62 bits per heavy atom. The molecular weight excluding hydrogens is 266 g/mol. The minimum atomic E-state index is -0.186. The predicted molar refractivity (Wildman–Crippen MR) is 83.1 cm³/mol. The molecular formula is C17H25NO3. The summed E-state index contributed by atoms with van der Waals surface area (Å²) in [7, 11) is 0. The van der Waals surface area contributed by atoms with E-state index in [4.69, 9.17) is 15.2 Å². The number of anilines is 1. The summed E-state index contributed by atoms with van der Waals surface area (Å²) >= 11 is 0. The van der Waals surface area contributed by atoms with Crippen LogP contribution in [0.5, 0.6) is 5.75 Å². The average Bonchev–Trinajstić information content (AvgIpc) is 2.43. The van der Waals surface area contributed by atoms with Gasteiger partial charge in [0.1, 0.15) is 11.9 Å². The molecule has 0 saturated heterocycles. The SMILES string of the molecule is CC1(C)CCC(OC(=O)CCOc2ccccc2N)CC1. The van der Waals surface area contributed by atoms with E-state index in [9.17, 15) is 4.79 Å². The van der Waals surface area contributed by atoms with Crippen molar-refractivity contribution in [3.63, 3.8) is 0 Å². The molecule has 1 aliphatic rings. The highest BCUT2D eigenvalue weighted by molar-refractivity contribution is 5.69. The van der Waals surface area contributed by atoms with Crippen LogP contribution in [0, 0.1) is 5.41 Å². The van der Waals surface area contributed by atoms with Crippen LogP contribution in [-0.4, -0.2) is 18.7 Å². The number of esters is 1. The summed E-state index contributed by atoms with van der Waals surface area (Å²) < 4.78 is 11.0. The zero-order valence-corrected chi connectivity index (χ0v) is 12.9. The van der Waals surface area contributed by atoms with Gasteiger partial charge in [0.15, 0.2) is 0 Å². The van der Waals surface area contributed by atoms with Crippen molar-refractivity contribution >= 4 is 11.7 Å². The third-order valence-electron chi connectivity index (χ3n) is 4.07. The quantitative estimate of drug-likeness (QED) is 0.665. The van der Waals surface area contributed by atoms with Gasteiger partial charge in [-0.05, 0) is 43.2 Å². The molecule has 2 rings (SSSR count). The normalized spacial score (nSPS) is 18.2. The monoisotopic (exact) mass is 291 g/mol. The Bertz CT molecular complexity index is 475. The second-order valence-corrected chi connectivity index (χ2v) is 6.49. The minimum absolute atomic E-state index is 0.0762. The van der Waals surface area contributed by atoms with E-state index in [2.05, 4.69) is 13.8 Å². The van der Waals surface area contributed by atoms with Crippen molar-refractivity contribution in [1.29, 1.82) is 0 Å². The summed E-state index contributed by atoms with van der Waals surface area (Å²) in [4.78, 5) is 11.8. The first-order valence-electron chi connectivity index (χ1n) is 7.63. The number of rotatable bonds is 5. The topological polar surface area (TPSA) is 61.5 Å². The highest BCUT2D eigenvalue weighted by Gasteiger charge is 2.28. The Hall–Kier alpha value is -1.71. The van der Waals surface area contributed by atoms with Gasteiger partial charge in [-0.25, -0.2) is 0 Å². The van der Waals surface area contributed by atoms with E-state index in [-0.39, 0.29) is 18.5 Å². The number of hydrogen-bond donors (Lipinski definition) is 1. The average molecular weight is 291 g/mol. The van der Waals surface area contributed by atoms with Crippen LogP contribution in [0.4, 0.5) is 5.69 Å². The fraction of sp³-hybridized carbons (Fsp3) is 0.588. The molecule has 4 heteroatoms. The van der Waals surface area contributed by atoms with E-state index in [1.165, 1.54) is 0 Å². The zero-order chi connectivity index (χ0) is 15.3. The molecule has 1 saturated carbocycles. The first-order chi connectivity index (χ1) is 9.96. The molecule has 0 radical (unpaired) electrons. The largest absolute Gasteiger partial charge is 0.491 e. The highest BCUT2D eigenvalue weighted by atomic mass is 16.5. The minimum Gasteiger partial charge on any atom is -0.491 e. The first-order valence-corrected chi connectivity index (χ1v) is 7.63. The van der Waals surface area contributed by atoms with Gasteiger partial charge in [-0.15, -0.1) is 0 Å². The number of nitrogen functional groups attached to an aromatic ring is 1. The Labute approximate surface area is 126 Å². The molecule has 0 aliphatic heterocycles. The van der Waals surface area contributed by atoms with Crippen LogP contribution in [-0.2, 0) is 9.53 Å². The maximum atomic E-state index is 11.8. The van der Waals surface area contributed by atoms with Gasteiger partial charge in [-0.1, -0.05) is 26.0 Å². The van der Waals surface area contributed by atoms with Crippen LogP contribution in [0.15, 0.2) is 24.3 Å². The van der Waals surface area contributed by atoms with E-state index < -0.39 is 0 Å². The highest BCUT2D eigenvalue weighted by Crippen LogP contribution is 2.36. The lowest BCUT2D eigenvalue weighted by Gasteiger charge is -2.33. The number of para-hydroxylation sites is 2. The lowest BCUT2D eigenvalue weighted by Crippen LogP contribution is -2.28. The van der Waals surface area contributed by atoms with Gasteiger partial charge in [0.05, 0.1) is 18.7 Å². The van der Waals surface area contributed by atoms with Gasteiger partial charge in [-0.3, -0.25) is 4.79 Å². The first kappa shape index (κ1) is 15.7. The van der Waals surface area contributed by atoms with Gasteiger partial charge in [0.2, 0.25) is 0 Å². The molecule has 0 bridgehead atoms. The van der Waals surface area contributed by atoms with Crippen molar-refractivity contribution in [2.45, 2.75) is 52.1 Å². The number of benzene rings is 1. The van der Waals surface area contributed by atoms with Crippen LogP contribution in [0.1, 0.15) is 46.0 Å². The van der Waals surface area contributed by atoms with Crippen molar-refractivity contribution in [2.75, 3.05) is 12.3 Å². The summed E-state index contributed by atoms with van der Waals surface area (Å²) in [5.41, 5.74) is 6.74. The molecule has 2 N–H and O–H groups in total. The van der Waals surface area contributed by atoms with Crippen molar-refractivity contribution in [2.24, 2.45) is 5.41 Å². The lowest BCUT2D eigenvalue weighted by atomic mass is 9.76. The summed E-state index contributed by atoms with van der Waals surface area (Å²) in [5.74, 6) is 0.430. The summed E-state index contributed by atoms with van der Waals surface area (Å²) in [5, 5.41) is 0. The molecule has 1 aromatic rings. The van der Waals surface area contributed by atoms with E-state index in [0.29, 0.717) is 23.5 Å². The van der Waals surface area contributed by atoms with Crippen LogP contribution in [0.25, 0.3) is 0 Å². The molecule has 0 atom stereocenters. The Kier molecular flexibility index (Phi) is 5.10. The van der Waals surface area contributed by atoms with Crippen molar-refractivity contribution < 1.29 is 14.3 Å². The van der Waals surface area contributed by atoms with E-state index in [0.717, 1.165) is 25.7 Å². The van der Waals surface area contributed by atoms with Gasteiger partial charge in [-0.2, -0.15) is 0 Å². The molecule has 0 heterocycles. The summed E-state index contributed by atoms with van der Waals surface area (Å²) in [6.45, 7) is 4.83. The number of carbonyl (C=O) groups excluding carboxylic acids is 1. The molecule has 1 aromatic carbocycles. The van der Waals surface area contributed by atoms with Crippen molar-refractivity contribution in [1.82, 2.24) is 0 Å². The van der Waals surface area contributed by atoms with Crippen molar-refractivity contribution in [3.05, 3.63) is 24.3 Å². The van der Waals surface area contributed by atoms with Gasteiger partial charge < -0.3 is 15.2 Å². The molecule has 0 amide bonds. The number of carbonyl (C=O) groups is 1. The maximum Gasteiger partial charge on any atom is 0.309 e. The van der Waals surface area contributed by atoms with Crippen LogP contribution >= 0.6 is 0 Å². The molecule has 1 fully saturated rings. The standard InChI is InChI=1S/C17H25NO3/c1-17(2)10-7-13(8-11-17)21-16(19)9-12-20-15-6-4-3-5-14(15)18/h3-6,13H,7-12,18H2,1-2H3.